The molecule has 0 spiro atoms. The third kappa shape index (κ3) is 4.58. The number of aryl methyl sites for hydroxylation is 1. The molecule has 6 heteroatoms. The second-order valence-corrected chi connectivity index (χ2v) is 14.9. The van der Waals surface area contributed by atoms with Crippen molar-refractivity contribution in [1.29, 1.82) is 0 Å². The lowest BCUT2D eigenvalue weighted by atomic mass is 10.0. The van der Waals surface area contributed by atoms with Gasteiger partial charge < -0.3 is 4.74 Å². The minimum absolute atomic E-state index is 0.253. The minimum Gasteiger partial charge on any atom is -0.497 e. The Balaban J connectivity index is 2.25. The third-order valence-corrected chi connectivity index (χ3v) is 12.5. The van der Waals surface area contributed by atoms with Gasteiger partial charge in [-0.15, -0.1) is 6.58 Å². The molecule has 1 N–H and O–H groups in total. The van der Waals surface area contributed by atoms with Gasteiger partial charge in [0.15, 0.2) is 0 Å². The van der Waals surface area contributed by atoms with Crippen LogP contribution in [0.1, 0.15) is 17.5 Å². The van der Waals surface area contributed by atoms with Gasteiger partial charge in [-0.1, -0.05) is 84.5 Å². The molecule has 3 rings (SSSR count). The summed E-state index contributed by atoms with van der Waals surface area (Å²) in [6.45, 7) is 10.3. The zero-order valence-corrected chi connectivity index (χ0v) is 20.9. The first-order valence-corrected chi connectivity index (χ1v) is 15.1. The van der Waals surface area contributed by atoms with Gasteiger partial charge in [-0.25, -0.2) is 13.1 Å². The molecule has 0 fully saturated rings. The van der Waals surface area contributed by atoms with Crippen LogP contribution in [0.5, 0.6) is 5.75 Å². The predicted octanol–water partition coefficient (Wildman–Crippen LogP) is 4.91. The Kier molecular flexibility index (Phi) is 7.08. The van der Waals surface area contributed by atoms with Gasteiger partial charge in [0.25, 0.3) is 0 Å². The molecule has 4 nitrogen and oxygen atoms in total. The fourth-order valence-electron chi connectivity index (χ4n) is 4.16. The number of hydrogen-bond acceptors (Lipinski definition) is 3. The van der Waals surface area contributed by atoms with E-state index in [0.717, 1.165) is 22.1 Å². The van der Waals surface area contributed by atoms with Crippen molar-refractivity contribution in [3.8, 4) is 5.75 Å². The van der Waals surface area contributed by atoms with E-state index >= 15 is 0 Å². The van der Waals surface area contributed by atoms with Crippen molar-refractivity contribution in [2.45, 2.75) is 36.5 Å². The van der Waals surface area contributed by atoms with Crippen LogP contribution in [0.15, 0.2) is 96.4 Å². The summed E-state index contributed by atoms with van der Waals surface area (Å²) in [6, 6.07) is 24.8. The molecule has 0 heterocycles. The molecule has 0 aromatic heterocycles. The van der Waals surface area contributed by atoms with E-state index < -0.39 is 23.3 Å². The third-order valence-electron chi connectivity index (χ3n) is 6.24. The molecular weight excluding hydrogens is 434 g/mol. The Morgan fingerprint density at radius 1 is 0.969 bits per heavy atom. The Morgan fingerprint density at radius 2 is 1.56 bits per heavy atom. The summed E-state index contributed by atoms with van der Waals surface area (Å²) in [5.74, 6) is 0.724. The van der Waals surface area contributed by atoms with Crippen molar-refractivity contribution < 1.29 is 13.2 Å². The summed E-state index contributed by atoms with van der Waals surface area (Å²) in [5, 5.41) is 0.302. The van der Waals surface area contributed by atoms with E-state index in [1.807, 2.05) is 61.5 Å². The van der Waals surface area contributed by atoms with Crippen molar-refractivity contribution in [1.82, 2.24) is 4.72 Å². The standard InChI is InChI=1S/C26H31NO3SSi/c1-6-20-26(22-14-16-23(30-3)17-15-22,32(4,5)25-10-8-7-9-11-25)27-31(28,29)24-18-12-21(2)13-19-24/h6-19,27H,1,20H2,2-5H3. The fraction of sp³-hybridized carbons (Fsp3) is 0.231. The molecule has 0 bridgehead atoms. The highest BCUT2D eigenvalue weighted by Crippen LogP contribution is 2.38. The van der Waals surface area contributed by atoms with E-state index in [-0.39, 0.29) is 4.90 Å². The number of sulfonamides is 1. The summed E-state index contributed by atoms with van der Waals surface area (Å²) in [4.78, 5) is 0.253. The van der Waals surface area contributed by atoms with Gasteiger partial charge >= 0.3 is 0 Å². The van der Waals surface area contributed by atoms with Crippen LogP contribution in [-0.2, 0) is 15.2 Å². The summed E-state index contributed by atoms with van der Waals surface area (Å²) >= 11 is 0. The SMILES string of the molecule is C=CCC(NS(=O)(=O)c1ccc(C)cc1)(c1ccc(OC)cc1)[Si](C)(C)c1ccccc1. The molecule has 0 saturated heterocycles. The normalized spacial score (nSPS) is 13.9. The van der Waals surface area contributed by atoms with Gasteiger partial charge in [-0.3, -0.25) is 0 Å². The average Bonchev–Trinajstić information content (AvgIpc) is 2.79. The number of rotatable bonds is 9. The van der Waals surface area contributed by atoms with Gasteiger partial charge in [-0.2, -0.15) is 0 Å². The molecule has 3 aromatic rings. The highest BCUT2D eigenvalue weighted by molar-refractivity contribution is 7.89. The van der Waals surface area contributed by atoms with E-state index in [9.17, 15) is 8.42 Å². The van der Waals surface area contributed by atoms with Gasteiger partial charge in [-0.05, 0) is 43.2 Å². The first-order valence-electron chi connectivity index (χ1n) is 10.6. The summed E-state index contributed by atoms with van der Waals surface area (Å²) in [5.41, 5.74) is 1.91. The quantitative estimate of drug-likeness (QED) is 0.361. The van der Waals surface area contributed by atoms with Gasteiger partial charge in [0.05, 0.1) is 17.2 Å². The number of hydrogen-bond donors (Lipinski definition) is 1. The Hall–Kier alpha value is -2.67. The van der Waals surface area contributed by atoms with Gasteiger partial charge in [0.1, 0.15) is 13.8 Å². The van der Waals surface area contributed by atoms with E-state index in [4.69, 9.17) is 4.74 Å². The molecule has 1 unspecified atom stereocenters. The number of nitrogens with one attached hydrogen (secondary N) is 1. The van der Waals surface area contributed by atoms with Crippen LogP contribution >= 0.6 is 0 Å². The molecule has 3 aromatic carbocycles. The molecule has 0 aliphatic rings. The van der Waals surface area contributed by atoms with Crippen LogP contribution < -0.4 is 14.6 Å². The maximum atomic E-state index is 13.7. The number of benzene rings is 3. The van der Waals surface area contributed by atoms with Gasteiger partial charge in [0, 0.05) is 0 Å². The Labute approximate surface area is 193 Å². The first-order chi connectivity index (χ1) is 15.2. The molecule has 0 aliphatic heterocycles. The van der Waals surface area contributed by atoms with E-state index in [1.165, 1.54) is 0 Å². The largest absolute Gasteiger partial charge is 0.497 e. The van der Waals surface area contributed by atoms with Crippen LogP contribution in [-0.4, -0.2) is 23.6 Å². The molecule has 168 valence electrons. The second kappa shape index (κ2) is 9.44. The first kappa shape index (κ1) is 24.0. The zero-order chi connectivity index (χ0) is 23.4. The second-order valence-electron chi connectivity index (χ2n) is 8.54. The minimum atomic E-state index is -3.81. The summed E-state index contributed by atoms with van der Waals surface area (Å²) < 4.78 is 35.8. The molecular formula is C26H31NO3SSi. The molecule has 32 heavy (non-hydrogen) atoms. The lowest BCUT2D eigenvalue weighted by molar-refractivity contribution is 0.414. The number of ether oxygens (including phenoxy) is 1. The van der Waals surface area contributed by atoms with Crippen LogP contribution in [0.2, 0.25) is 13.1 Å². The smallest absolute Gasteiger partial charge is 0.241 e. The van der Waals surface area contributed by atoms with E-state index in [1.54, 1.807) is 25.3 Å². The van der Waals surface area contributed by atoms with Crippen molar-refractivity contribution in [3.63, 3.8) is 0 Å². The maximum Gasteiger partial charge on any atom is 0.241 e. The van der Waals surface area contributed by atoms with Crippen molar-refractivity contribution in [3.05, 3.63) is 103 Å². The fourth-order valence-corrected chi connectivity index (χ4v) is 9.92. The number of methoxy groups -OCH3 is 1. The monoisotopic (exact) mass is 465 g/mol. The highest BCUT2D eigenvalue weighted by atomic mass is 32.2. The lowest BCUT2D eigenvalue weighted by Gasteiger charge is -2.46. The maximum absolute atomic E-state index is 13.7. The lowest BCUT2D eigenvalue weighted by Crippen LogP contribution is -2.67. The van der Waals surface area contributed by atoms with Crippen molar-refractivity contribution in [2.75, 3.05) is 7.11 Å². The topological polar surface area (TPSA) is 55.4 Å². The van der Waals surface area contributed by atoms with Crippen molar-refractivity contribution >= 4 is 23.3 Å². The average molecular weight is 466 g/mol. The van der Waals surface area contributed by atoms with Crippen molar-refractivity contribution in [2.24, 2.45) is 0 Å². The molecule has 0 saturated carbocycles. The Morgan fingerprint density at radius 3 is 2.09 bits per heavy atom. The summed E-state index contributed by atoms with van der Waals surface area (Å²) in [6.07, 6.45) is 2.26. The Bertz CT molecular complexity index is 1160. The molecule has 0 radical (unpaired) electrons. The van der Waals surface area contributed by atoms with Crippen LogP contribution in [0.4, 0.5) is 0 Å². The summed E-state index contributed by atoms with van der Waals surface area (Å²) in [7, 11) is -4.69. The predicted molar refractivity (Wildman–Crippen MR) is 135 cm³/mol. The van der Waals surface area contributed by atoms with Crippen LogP contribution in [0, 0.1) is 6.92 Å². The van der Waals surface area contributed by atoms with Crippen LogP contribution in [0.25, 0.3) is 0 Å². The molecule has 1 atom stereocenters. The van der Waals surface area contributed by atoms with Crippen LogP contribution in [0.3, 0.4) is 0 Å². The van der Waals surface area contributed by atoms with Gasteiger partial charge in [0.2, 0.25) is 10.0 Å². The molecule has 0 aliphatic carbocycles. The van der Waals surface area contributed by atoms with E-state index in [0.29, 0.717) is 6.42 Å². The zero-order valence-electron chi connectivity index (χ0n) is 19.1. The highest BCUT2D eigenvalue weighted by Gasteiger charge is 2.50. The molecule has 0 amide bonds. The van der Waals surface area contributed by atoms with E-state index in [2.05, 4.69) is 36.5 Å².